The summed E-state index contributed by atoms with van der Waals surface area (Å²) in [7, 11) is 0. The number of rotatable bonds is 5. The van der Waals surface area contributed by atoms with Gasteiger partial charge in [0.05, 0.1) is 0 Å². The van der Waals surface area contributed by atoms with Gasteiger partial charge in [0.15, 0.2) is 5.82 Å². The van der Waals surface area contributed by atoms with Gasteiger partial charge in [-0.15, -0.1) is 0 Å². The highest BCUT2D eigenvalue weighted by Gasteiger charge is 2.21. The SMILES string of the molecule is Cc1cc(NC(=O)C(Nc2cccc(I)c2)c2ccccc2)no1. The molecule has 5 nitrogen and oxygen atoms in total. The number of hydrogen-bond acceptors (Lipinski definition) is 4. The van der Waals surface area contributed by atoms with E-state index in [1.54, 1.807) is 13.0 Å². The van der Waals surface area contributed by atoms with Crippen LogP contribution in [-0.4, -0.2) is 11.1 Å². The lowest BCUT2D eigenvalue weighted by Gasteiger charge is -2.19. The van der Waals surface area contributed by atoms with Gasteiger partial charge in [-0.25, -0.2) is 0 Å². The summed E-state index contributed by atoms with van der Waals surface area (Å²) < 4.78 is 6.09. The molecule has 1 unspecified atom stereocenters. The molecule has 0 radical (unpaired) electrons. The van der Waals surface area contributed by atoms with Crippen LogP contribution in [0.1, 0.15) is 17.4 Å². The molecule has 3 aromatic rings. The summed E-state index contributed by atoms with van der Waals surface area (Å²) in [5.41, 5.74) is 1.75. The monoisotopic (exact) mass is 433 g/mol. The Morgan fingerprint density at radius 2 is 1.92 bits per heavy atom. The lowest BCUT2D eigenvalue weighted by atomic mass is 10.1. The Morgan fingerprint density at radius 3 is 2.58 bits per heavy atom. The van der Waals surface area contributed by atoms with Crippen LogP contribution in [0.15, 0.2) is 65.2 Å². The molecule has 0 fully saturated rings. The summed E-state index contributed by atoms with van der Waals surface area (Å²) in [5, 5.41) is 9.89. The molecule has 122 valence electrons. The number of benzene rings is 2. The molecule has 2 aromatic carbocycles. The minimum Gasteiger partial charge on any atom is -0.370 e. The molecule has 1 amide bonds. The third-order valence-corrected chi connectivity index (χ3v) is 4.08. The van der Waals surface area contributed by atoms with Crippen molar-refractivity contribution in [3.8, 4) is 0 Å². The first-order valence-electron chi connectivity index (χ1n) is 7.43. The highest BCUT2D eigenvalue weighted by molar-refractivity contribution is 14.1. The number of hydrogen-bond donors (Lipinski definition) is 2. The molecule has 1 atom stereocenters. The number of amides is 1. The molecule has 2 N–H and O–H groups in total. The molecular formula is C18H16IN3O2. The van der Waals surface area contributed by atoms with Gasteiger partial charge in [-0.05, 0) is 53.3 Å². The first kappa shape index (κ1) is 16.5. The Morgan fingerprint density at radius 1 is 1.12 bits per heavy atom. The topological polar surface area (TPSA) is 67.2 Å². The maximum Gasteiger partial charge on any atom is 0.252 e. The molecule has 0 spiro atoms. The smallest absolute Gasteiger partial charge is 0.252 e. The highest BCUT2D eigenvalue weighted by atomic mass is 127. The zero-order valence-corrected chi connectivity index (χ0v) is 15.2. The van der Waals surface area contributed by atoms with Gasteiger partial charge in [-0.1, -0.05) is 41.6 Å². The Hall–Kier alpha value is -2.35. The molecule has 3 rings (SSSR count). The number of carbonyl (C=O) groups excluding carboxylic acids is 1. The summed E-state index contributed by atoms with van der Waals surface area (Å²) in [5.74, 6) is 0.850. The van der Waals surface area contributed by atoms with Crippen LogP contribution in [0.2, 0.25) is 0 Å². The minimum absolute atomic E-state index is 0.201. The van der Waals surface area contributed by atoms with Gasteiger partial charge in [0.25, 0.3) is 5.91 Å². The van der Waals surface area contributed by atoms with E-state index in [1.165, 1.54) is 0 Å². The molecule has 0 saturated carbocycles. The first-order valence-corrected chi connectivity index (χ1v) is 8.51. The van der Waals surface area contributed by atoms with Gasteiger partial charge < -0.3 is 15.2 Å². The second kappa shape index (κ2) is 7.48. The predicted molar refractivity (Wildman–Crippen MR) is 102 cm³/mol. The van der Waals surface area contributed by atoms with Crippen molar-refractivity contribution in [3.05, 3.63) is 75.6 Å². The van der Waals surface area contributed by atoms with Gasteiger partial charge >= 0.3 is 0 Å². The molecule has 1 heterocycles. The van der Waals surface area contributed by atoms with Crippen molar-refractivity contribution < 1.29 is 9.32 Å². The van der Waals surface area contributed by atoms with E-state index in [0.717, 1.165) is 14.8 Å². The Bertz CT molecular complexity index is 833. The van der Waals surface area contributed by atoms with E-state index in [-0.39, 0.29) is 5.91 Å². The number of nitrogens with one attached hydrogen (secondary N) is 2. The average molecular weight is 433 g/mol. The third-order valence-electron chi connectivity index (χ3n) is 3.41. The third kappa shape index (κ3) is 4.14. The first-order chi connectivity index (χ1) is 11.6. The van der Waals surface area contributed by atoms with Gasteiger partial charge in [0, 0.05) is 15.3 Å². The number of nitrogens with zero attached hydrogens (tertiary/aromatic N) is 1. The Kier molecular flexibility index (Phi) is 5.14. The van der Waals surface area contributed by atoms with E-state index < -0.39 is 6.04 Å². The van der Waals surface area contributed by atoms with Crippen LogP contribution in [-0.2, 0) is 4.79 Å². The standard InChI is InChI=1S/C18H16IN3O2/c1-12-10-16(22-24-12)21-18(23)17(13-6-3-2-4-7-13)20-15-9-5-8-14(19)11-15/h2-11,17,20H,1H3,(H,21,22,23). The molecule has 24 heavy (non-hydrogen) atoms. The molecule has 0 aliphatic heterocycles. The number of halogens is 1. The van der Waals surface area contributed by atoms with Crippen molar-refractivity contribution >= 4 is 40.0 Å². The van der Waals surface area contributed by atoms with Crippen molar-refractivity contribution in [2.24, 2.45) is 0 Å². The average Bonchev–Trinajstić information content (AvgIpc) is 2.98. The van der Waals surface area contributed by atoms with E-state index in [4.69, 9.17) is 4.52 Å². The number of aromatic nitrogens is 1. The summed E-state index contributed by atoms with van der Waals surface area (Å²) in [6.07, 6.45) is 0. The maximum absolute atomic E-state index is 12.8. The van der Waals surface area contributed by atoms with Crippen LogP contribution >= 0.6 is 22.6 Å². The minimum atomic E-state index is -0.540. The highest BCUT2D eigenvalue weighted by Crippen LogP contribution is 2.22. The largest absolute Gasteiger partial charge is 0.370 e. The quantitative estimate of drug-likeness (QED) is 0.587. The van der Waals surface area contributed by atoms with Crippen molar-refractivity contribution in [1.29, 1.82) is 0 Å². The number of aryl methyl sites for hydroxylation is 1. The Labute approximate surface area is 153 Å². The predicted octanol–water partition coefficient (Wildman–Crippen LogP) is 4.38. The second-order valence-corrected chi connectivity index (χ2v) is 6.56. The lowest BCUT2D eigenvalue weighted by molar-refractivity contribution is -0.117. The molecular weight excluding hydrogens is 417 g/mol. The Balaban J connectivity index is 1.85. The van der Waals surface area contributed by atoms with Gasteiger partial charge in [-0.3, -0.25) is 4.79 Å². The second-order valence-electron chi connectivity index (χ2n) is 5.31. The molecule has 0 saturated heterocycles. The summed E-state index contributed by atoms with van der Waals surface area (Å²) in [6.45, 7) is 1.78. The van der Waals surface area contributed by atoms with Gasteiger partial charge in [0.1, 0.15) is 11.8 Å². The fourth-order valence-electron chi connectivity index (χ4n) is 2.31. The number of carbonyl (C=O) groups is 1. The van der Waals surface area contributed by atoms with E-state index >= 15 is 0 Å². The van der Waals surface area contributed by atoms with E-state index in [1.807, 2.05) is 54.6 Å². The summed E-state index contributed by atoms with van der Waals surface area (Å²) in [6, 6.07) is 18.6. The van der Waals surface area contributed by atoms with Gasteiger partial charge in [0.2, 0.25) is 0 Å². The van der Waals surface area contributed by atoms with Crippen LogP contribution in [0.4, 0.5) is 11.5 Å². The van der Waals surface area contributed by atoms with Crippen molar-refractivity contribution in [1.82, 2.24) is 5.16 Å². The van der Waals surface area contributed by atoms with E-state index in [2.05, 4.69) is 38.4 Å². The van der Waals surface area contributed by atoms with Crippen molar-refractivity contribution in [2.45, 2.75) is 13.0 Å². The van der Waals surface area contributed by atoms with Crippen LogP contribution < -0.4 is 10.6 Å². The normalized spacial score (nSPS) is 11.8. The molecule has 0 bridgehead atoms. The maximum atomic E-state index is 12.8. The van der Waals surface area contributed by atoms with Crippen LogP contribution in [0.5, 0.6) is 0 Å². The van der Waals surface area contributed by atoms with E-state index in [9.17, 15) is 4.79 Å². The number of anilines is 2. The van der Waals surface area contributed by atoms with Crippen molar-refractivity contribution in [2.75, 3.05) is 10.6 Å². The fraction of sp³-hybridized carbons (Fsp3) is 0.111. The molecule has 0 aliphatic rings. The van der Waals surface area contributed by atoms with Gasteiger partial charge in [-0.2, -0.15) is 0 Å². The zero-order valence-electron chi connectivity index (χ0n) is 13.0. The van der Waals surface area contributed by atoms with Crippen LogP contribution in [0, 0.1) is 10.5 Å². The van der Waals surface area contributed by atoms with Crippen molar-refractivity contribution in [3.63, 3.8) is 0 Å². The summed E-state index contributed by atoms with van der Waals surface area (Å²) in [4.78, 5) is 12.8. The van der Waals surface area contributed by atoms with Crippen LogP contribution in [0.3, 0.4) is 0 Å². The fourth-order valence-corrected chi connectivity index (χ4v) is 2.86. The van der Waals surface area contributed by atoms with Crippen LogP contribution in [0.25, 0.3) is 0 Å². The molecule has 6 heteroatoms. The summed E-state index contributed by atoms with van der Waals surface area (Å²) >= 11 is 2.24. The molecule has 0 aliphatic carbocycles. The lowest BCUT2D eigenvalue weighted by Crippen LogP contribution is -2.27. The molecule has 1 aromatic heterocycles. The van der Waals surface area contributed by atoms with E-state index in [0.29, 0.717) is 11.6 Å². The zero-order chi connectivity index (χ0) is 16.9.